The number of halogens is 1. The van der Waals surface area contributed by atoms with E-state index < -0.39 is 10.0 Å². The van der Waals surface area contributed by atoms with Crippen LogP contribution in [-0.2, 0) is 14.8 Å². The maximum absolute atomic E-state index is 13.0. The number of benzene rings is 1. The van der Waals surface area contributed by atoms with Gasteiger partial charge in [0, 0.05) is 38.4 Å². The fourth-order valence-corrected chi connectivity index (χ4v) is 5.08. The molecular weight excluding hydrogens is 400 g/mol. The van der Waals surface area contributed by atoms with Crippen LogP contribution < -0.4 is 5.32 Å². The first-order valence-electron chi connectivity index (χ1n) is 9.98. The first kappa shape index (κ1) is 23.1. The lowest BCUT2D eigenvalue weighted by atomic mass is 10.2. The molecule has 6 nitrogen and oxygen atoms in total. The third-order valence-electron chi connectivity index (χ3n) is 4.58. The van der Waals surface area contributed by atoms with Gasteiger partial charge in [0.1, 0.15) is 4.90 Å². The Balaban J connectivity index is 2.00. The van der Waals surface area contributed by atoms with E-state index in [9.17, 15) is 13.2 Å². The fraction of sp³-hybridized carbons (Fsp3) is 0.650. The highest BCUT2D eigenvalue weighted by molar-refractivity contribution is 7.89. The van der Waals surface area contributed by atoms with E-state index in [1.54, 1.807) is 6.07 Å². The summed E-state index contributed by atoms with van der Waals surface area (Å²) in [6.45, 7) is 6.89. The second-order valence-electron chi connectivity index (χ2n) is 7.54. The van der Waals surface area contributed by atoms with Gasteiger partial charge in [-0.05, 0) is 43.4 Å². The molecule has 1 saturated heterocycles. The summed E-state index contributed by atoms with van der Waals surface area (Å²) in [5.74, 6) is 0.168. The molecule has 1 amide bonds. The predicted molar refractivity (Wildman–Crippen MR) is 111 cm³/mol. The highest BCUT2D eigenvalue weighted by atomic mass is 35.5. The van der Waals surface area contributed by atoms with E-state index in [4.69, 9.17) is 16.3 Å². The Morgan fingerprint density at radius 3 is 2.54 bits per heavy atom. The standard InChI is InChI=1S/C20H31ClN2O4S/c1-16(2)15-27-13-7-10-22-20(24)17-8-9-18(21)19(14-17)28(25,26)23-11-5-3-4-6-12-23/h8-9,14,16H,3-7,10-13,15H2,1-2H3,(H,22,24). The molecule has 1 aromatic rings. The molecule has 1 aromatic carbocycles. The van der Waals surface area contributed by atoms with Crippen molar-refractivity contribution in [3.63, 3.8) is 0 Å². The molecule has 0 atom stereocenters. The molecule has 1 N–H and O–H groups in total. The first-order valence-corrected chi connectivity index (χ1v) is 11.8. The van der Waals surface area contributed by atoms with E-state index in [0.29, 0.717) is 50.8 Å². The summed E-state index contributed by atoms with van der Waals surface area (Å²) in [6, 6.07) is 4.41. The van der Waals surface area contributed by atoms with Crippen LogP contribution in [0.3, 0.4) is 0 Å². The van der Waals surface area contributed by atoms with Gasteiger partial charge in [0.25, 0.3) is 5.91 Å². The van der Waals surface area contributed by atoms with Crippen molar-refractivity contribution in [2.24, 2.45) is 5.92 Å². The van der Waals surface area contributed by atoms with Crippen molar-refractivity contribution in [1.29, 1.82) is 0 Å². The van der Waals surface area contributed by atoms with Crippen LogP contribution in [0.1, 0.15) is 56.3 Å². The predicted octanol–water partition coefficient (Wildman–Crippen LogP) is 3.70. The number of nitrogens with zero attached hydrogens (tertiary/aromatic N) is 1. The Morgan fingerprint density at radius 2 is 1.89 bits per heavy atom. The number of amides is 1. The molecule has 0 radical (unpaired) electrons. The van der Waals surface area contributed by atoms with Crippen LogP contribution in [0, 0.1) is 5.92 Å². The molecule has 0 spiro atoms. The van der Waals surface area contributed by atoms with Crippen molar-refractivity contribution in [2.75, 3.05) is 32.8 Å². The maximum atomic E-state index is 13.0. The highest BCUT2D eigenvalue weighted by Crippen LogP contribution is 2.27. The average molecular weight is 431 g/mol. The molecule has 1 aliphatic heterocycles. The van der Waals surface area contributed by atoms with Gasteiger partial charge in [-0.1, -0.05) is 38.3 Å². The summed E-state index contributed by atoms with van der Waals surface area (Å²) >= 11 is 6.18. The molecule has 8 heteroatoms. The Kier molecular flexibility index (Phi) is 9.21. The Morgan fingerprint density at radius 1 is 1.21 bits per heavy atom. The number of hydrogen-bond acceptors (Lipinski definition) is 4. The summed E-state index contributed by atoms with van der Waals surface area (Å²) in [5.41, 5.74) is 0.292. The molecule has 1 heterocycles. The lowest BCUT2D eigenvalue weighted by Gasteiger charge is -2.21. The number of rotatable bonds is 9. The minimum atomic E-state index is -3.71. The summed E-state index contributed by atoms with van der Waals surface area (Å²) in [6.07, 6.45) is 4.45. The minimum absolute atomic E-state index is 0.00369. The Hall–Kier alpha value is -1.15. The second kappa shape index (κ2) is 11.1. The normalized spacial score (nSPS) is 16.1. The zero-order valence-corrected chi connectivity index (χ0v) is 18.3. The summed E-state index contributed by atoms with van der Waals surface area (Å²) < 4.78 is 33.0. The lowest BCUT2D eigenvalue weighted by molar-refractivity contribution is 0.0925. The maximum Gasteiger partial charge on any atom is 0.251 e. The molecule has 0 aromatic heterocycles. The minimum Gasteiger partial charge on any atom is -0.381 e. The number of sulfonamides is 1. The molecule has 0 unspecified atom stereocenters. The third kappa shape index (κ3) is 6.72. The van der Waals surface area contributed by atoms with Crippen molar-refractivity contribution in [3.05, 3.63) is 28.8 Å². The van der Waals surface area contributed by atoms with Crippen LogP contribution >= 0.6 is 11.6 Å². The van der Waals surface area contributed by atoms with Gasteiger partial charge in [0.15, 0.2) is 0 Å². The topological polar surface area (TPSA) is 75.7 Å². The van der Waals surface area contributed by atoms with Gasteiger partial charge < -0.3 is 10.1 Å². The summed E-state index contributed by atoms with van der Waals surface area (Å²) in [5, 5.41) is 2.95. The van der Waals surface area contributed by atoms with Crippen LogP contribution in [0.25, 0.3) is 0 Å². The SMILES string of the molecule is CC(C)COCCCNC(=O)c1ccc(Cl)c(S(=O)(=O)N2CCCCCC2)c1. The average Bonchev–Trinajstić information content (AvgIpc) is 2.94. The quantitative estimate of drug-likeness (QED) is 0.606. The van der Waals surface area contributed by atoms with E-state index >= 15 is 0 Å². The van der Waals surface area contributed by atoms with E-state index in [2.05, 4.69) is 19.2 Å². The van der Waals surface area contributed by atoms with Crippen molar-refractivity contribution < 1.29 is 17.9 Å². The number of carbonyl (C=O) groups is 1. The van der Waals surface area contributed by atoms with E-state index in [-0.39, 0.29) is 15.8 Å². The first-order chi connectivity index (χ1) is 13.3. The van der Waals surface area contributed by atoms with Crippen molar-refractivity contribution in [3.8, 4) is 0 Å². The molecule has 0 aliphatic carbocycles. The van der Waals surface area contributed by atoms with Crippen molar-refractivity contribution in [2.45, 2.75) is 50.8 Å². The van der Waals surface area contributed by atoms with Gasteiger partial charge in [0.2, 0.25) is 10.0 Å². The van der Waals surface area contributed by atoms with E-state index in [1.807, 2.05) is 0 Å². The Labute approximate surface area is 173 Å². The second-order valence-corrected chi connectivity index (χ2v) is 9.86. The highest BCUT2D eigenvalue weighted by Gasteiger charge is 2.28. The third-order valence-corrected chi connectivity index (χ3v) is 6.96. The van der Waals surface area contributed by atoms with Gasteiger partial charge in [-0.3, -0.25) is 4.79 Å². The Bertz CT molecular complexity index is 745. The summed E-state index contributed by atoms with van der Waals surface area (Å²) in [4.78, 5) is 12.4. The smallest absolute Gasteiger partial charge is 0.251 e. The van der Waals surface area contributed by atoms with E-state index in [0.717, 1.165) is 25.7 Å². The lowest BCUT2D eigenvalue weighted by Crippen LogP contribution is -2.32. The zero-order valence-electron chi connectivity index (χ0n) is 16.7. The monoisotopic (exact) mass is 430 g/mol. The zero-order chi connectivity index (χ0) is 20.6. The summed E-state index contributed by atoms with van der Waals surface area (Å²) in [7, 11) is -3.71. The van der Waals surface area contributed by atoms with Gasteiger partial charge >= 0.3 is 0 Å². The molecular formula is C20H31ClN2O4S. The number of ether oxygens (including phenoxy) is 1. The number of hydrogen-bond donors (Lipinski definition) is 1. The van der Waals surface area contributed by atoms with Gasteiger partial charge in [0.05, 0.1) is 5.02 Å². The molecule has 28 heavy (non-hydrogen) atoms. The molecule has 0 saturated carbocycles. The molecule has 2 rings (SSSR count). The van der Waals surface area contributed by atoms with Crippen molar-refractivity contribution >= 4 is 27.5 Å². The van der Waals surface area contributed by atoms with Gasteiger partial charge in [-0.25, -0.2) is 8.42 Å². The van der Waals surface area contributed by atoms with Crippen LogP contribution in [0.2, 0.25) is 5.02 Å². The number of carbonyl (C=O) groups excluding carboxylic acids is 1. The molecule has 0 bridgehead atoms. The molecule has 158 valence electrons. The number of nitrogens with one attached hydrogen (secondary N) is 1. The van der Waals surface area contributed by atoms with Crippen molar-refractivity contribution in [1.82, 2.24) is 9.62 Å². The van der Waals surface area contributed by atoms with Crippen LogP contribution in [0.15, 0.2) is 23.1 Å². The van der Waals surface area contributed by atoms with E-state index in [1.165, 1.54) is 16.4 Å². The van der Waals surface area contributed by atoms with Gasteiger partial charge in [-0.15, -0.1) is 0 Å². The van der Waals surface area contributed by atoms with Crippen LogP contribution in [-0.4, -0.2) is 51.5 Å². The van der Waals surface area contributed by atoms with Crippen LogP contribution in [0.4, 0.5) is 0 Å². The molecule has 1 fully saturated rings. The molecule has 1 aliphatic rings. The largest absolute Gasteiger partial charge is 0.381 e. The fourth-order valence-electron chi connectivity index (χ4n) is 3.06. The van der Waals surface area contributed by atoms with Crippen LogP contribution in [0.5, 0.6) is 0 Å². The van der Waals surface area contributed by atoms with Gasteiger partial charge in [-0.2, -0.15) is 4.31 Å².